The summed E-state index contributed by atoms with van der Waals surface area (Å²) in [5.74, 6) is 1.17. The Kier molecular flexibility index (Phi) is 4.85. The van der Waals surface area contributed by atoms with Crippen LogP contribution in [0.15, 0.2) is 0 Å². The van der Waals surface area contributed by atoms with E-state index in [1.807, 2.05) is 19.0 Å². The van der Waals surface area contributed by atoms with Gasteiger partial charge in [0.2, 0.25) is 5.91 Å². The second kappa shape index (κ2) is 6.23. The van der Waals surface area contributed by atoms with Crippen LogP contribution in [0.1, 0.15) is 32.1 Å². The SMILES string of the molecule is CNCC1(C(=O)N(C)CCC2CCN(C)CC2)CC1. The van der Waals surface area contributed by atoms with E-state index in [1.165, 1.54) is 32.4 Å². The van der Waals surface area contributed by atoms with Crippen LogP contribution in [-0.4, -0.2) is 63.0 Å². The number of piperidine rings is 1. The fourth-order valence-corrected chi connectivity index (χ4v) is 3.19. The predicted octanol–water partition coefficient (Wildman–Crippen LogP) is 1.18. The quantitative estimate of drug-likeness (QED) is 0.785. The van der Waals surface area contributed by atoms with E-state index in [-0.39, 0.29) is 5.41 Å². The number of carbonyl (C=O) groups excluding carboxylic acids is 1. The molecule has 0 bridgehead atoms. The zero-order valence-electron chi connectivity index (χ0n) is 12.7. The largest absolute Gasteiger partial charge is 0.345 e. The van der Waals surface area contributed by atoms with Gasteiger partial charge in [0.25, 0.3) is 0 Å². The molecule has 19 heavy (non-hydrogen) atoms. The summed E-state index contributed by atoms with van der Waals surface area (Å²) in [6.07, 6.45) is 5.88. The van der Waals surface area contributed by atoms with Gasteiger partial charge in [-0.1, -0.05) is 0 Å². The Morgan fingerprint density at radius 3 is 2.53 bits per heavy atom. The van der Waals surface area contributed by atoms with Crippen LogP contribution in [0.25, 0.3) is 0 Å². The molecule has 1 saturated carbocycles. The van der Waals surface area contributed by atoms with Gasteiger partial charge in [-0.25, -0.2) is 0 Å². The van der Waals surface area contributed by atoms with E-state index < -0.39 is 0 Å². The molecule has 2 fully saturated rings. The van der Waals surface area contributed by atoms with Crippen molar-refractivity contribution in [2.45, 2.75) is 32.1 Å². The van der Waals surface area contributed by atoms with Gasteiger partial charge in [0.15, 0.2) is 0 Å². The highest BCUT2D eigenvalue weighted by atomic mass is 16.2. The smallest absolute Gasteiger partial charge is 0.229 e. The molecule has 0 aromatic heterocycles. The van der Waals surface area contributed by atoms with Gasteiger partial charge in [-0.3, -0.25) is 4.79 Å². The van der Waals surface area contributed by atoms with Crippen molar-refractivity contribution in [2.24, 2.45) is 11.3 Å². The summed E-state index contributed by atoms with van der Waals surface area (Å²) in [5, 5.41) is 3.16. The van der Waals surface area contributed by atoms with Crippen molar-refractivity contribution in [3.8, 4) is 0 Å². The molecule has 0 spiro atoms. The zero-order chi connectivity index (χ0) is 13.9. The van der Waals surface area contributed by atoms with Gasteiger partial charge < -0.3 is 15.1 Å². The molecule has 1 aliphatic heterocycles. The third-order valence-electron chi connectivity index (χ3n) is 4.88. The number of rotatable bonds is 6. The van der Waals surface area contributed by atoms with Gasteiger partial charge in [0.1, 0.15) is 0 Å². The molecule has 1 N–H and O–H groups in total. The molecule has 2 aliphatic rings. The Labute approximate surface area is 117 Å². The Balaban J connectivity index is 1.72. The number of carbonyl (C=O) groups is 1. The van der Waals surface area contributed by atoms with Crippen molar-refractivity contribution in [3.05, 3.63) is 0 Å². The highest BCUT2D eigenvalue weighted by Crippen LogP contribution is 2.46. The lowest BCUT2D eigenvalue weighted by atomic mass is 9.93. The molecule has 1 saturated heterocycles. The maximum Gasteiger partial charge on any atom is 0.229 e. The third-order valence-corrected chi connectivity index (χ3v) is 4.88. The van der Waals surface area contributed by atoms with Gasteiger partial charge in [0, 0.05) is 20.1 Å². The molecule has 2 rings (SSSR count). The van der Waals surface area contributed by atoms with E-state index in [9.17, 15) is 4.79 Å². The summed E-state index contributed by atoms with van der Waals surface area (Å²) in [5.41, 5.74) is -0.0592. The number of hydrogen-bond donors (Lipinski definition) is 1. The highest BCUT2D eigenvalue weighted by molar-refractivity contribution is 5.85. The van der Waals surface area contributed by atoms with Crippen LogP contribution < -0.4 is 5.32 Å². The van der Waals surface area contributed by atoms with Crippen LogP contribution in [0.3, 0.4) is 0 Å². The lowest BCUT2D eigenvalue weighted by Crippen LogP contribution is -2.40. The van der Waals surface area contributed by atoms with Gasteiger partial charge in [-0.2, -0.15) is 0 Å². The van der Waals surface area contributed by atoms with Crippen molar-refractivity contribution in [2.75, 3.05) is 47.3 Å². The van der Waals surface area contributed by atoms with Crippen molar-refractivity contribution in [1.82, 2.24) is 15.1 Å². The Hall–Kier alpha value is -0.610. The van der Waals surface area contributed by atoms with Crippen LogP contribution in [0, 0.1) is 11.3 Å². The van der Waals surface area contributed by atoms with E-state index in [4.69, 9.17) is 0 Å². The number of hydrogen-bond acceptors (Lipinski definition) is 3. The number of likely N-dealkylation sites (tertiary alicyclic amines) is 1. The molecular formula is C15H29N3O. The maximum absolute atomic E-state index is 12.4. The van der Waals surface area contributed by atoms with Gasteiger partial charge in [0.05, 0.1) is 5.41 Å². The molecule has 0 atom stereocenters. The monoisotopic (exact) mass is 267 g/mol. The molecule has 0 radical (unpaired) electrons. The first-order chi connectivity index (χ1) is 9.07. The number of nitrogens with zero attached hydrogens (tertiary/aromatic N) is 2. The van der Waals surface area contributed by atoms with Gasteiger partial charge in [-0.15, -0.1) is 0 Å². The lowest BCUT2D eigenvalue weighted by molar-refractivity contribution is -0.135. The molecule has 0 aromatic rings. The van der Waals surface area contributed by atoms with E-state index >= 15 is 0 Å². The Morgan fingerprint density at radius 1 is 1.37 bits per heavy atom. The van der Waals surface area contributed by atoms with Crippen molar-refractivity contribution in [1.29, 1.82) is 0 Å². The maximum atomic E-state index is 12.4. The molecule has 1 amide bonds. The Morgan fingerprint density at radius 2 is 2.00 bits per heavy atom. The third kappa shape index (κ3) is 3.69. The molecule has 0 unspecified atom stereocenters. The summed E-state index contributed by atoms with van der Waals surface area (Å²) in [7, 11) is 6.11. The summed E-state index contributed by atoms with van der Waals surface area (Å²) >= 11 is 0. The highest BCUT2D eigenvalue weighted by Gasteiger charge is 2.50. The molecule has 0 aromatic carbocycles. The fraction of sp³-hybridized carbons (Fsp3) is 0.933. The molecule has 1 heterocycles. The molecule has 4 heteroatoms. The second-order valence-electron chi connectivity index (χ2n) is 6.57. The first-order valence-electron chi connectivity index (χ1n) is 7.66. The van der Waals surface area contributed by atoms with Crippen LogP contribution in [-0.2, 0) is 4.79 Å². The van der Waals surface area contributed by atoms with Crippen LogP contribution in [0.4, 0.5) is 0 Å². The van der Waals surface area contributed by atoms with Gasteiger partial charge >= 0.3 is 0 Å². The first kappa shape index (κ1) is 14.8. The van der Waals surface area contributed by atoms with E-state index in [0.29, 0.717) is 5.91 Å². The molecule has 110 valence electrons. The van der Waals surface area contributed by atoms with Crippen LogP contribution >= 0.6 is 0 Å². The lowest BCUT2D eigenvalue weighted by Gasteiger charge is -2.31. The normalized spacial score (nSPS) is 23.3. The van der Waals surface area contributed by atoms with Crippen LogP contribution in [0.2, 0.25) is 0 Å². The average molecular weight is 267 g/mol. The minimum absolute atomic E-state index is 0.0592. The molecular weight excluding hydrogens is 238 g/mol. The predicted molar refractivity (Wildman–Crippen MR) is 78.1 cm³/mol. The van der Waals surface area contributed by atoms with Crippen LogP contribution in [0.5, 0.6) is 0 Å². The Bertz CT molecular complexity index is 307. The second-order valence-corrected chi connectivity index (χ2v) is 6.57. The van der Waals surface area contributed by atoms with Crippen molar-refractivity contribution >= 4 is 5.91 Å². The minimum atomic E-state index is -0.0592. The van der Waals surface area contributed by atoms with E-state index in [1.54, 1.807) is 0 Å². The summed E-state index contributed by atoms with van der Waals surface area (Å²) < 4.78 is 0. The zero-order valence-corrected chi connectivity index (χ0v) is 12.7. The van der Waals surface area contributed by atoms with Gasteiger partial charge in [-0.05, 0) is 65.2 Å². The first-order valence-corrected chi connectivity index (χ1v) is 7.66. The van der Waals surface area contributed by atoms with Crippen molar-refractivity contribution in [3.63, 3.8) is 0 Å². The topological polar surface area (TPSA) is 35.6 Å². The van der Waals surface area contributed by atoms with Crippen molar-refractivity contribution < 1.29 is 4.79 Å². The number of nitrogens with one attached hydrogen (secondary N) is 1. The fourth-order valence-electron chi connectivity index (χ4n) is 3.19. The van der Waals surface area contributed by atoms with E-state index in [0.717, 1.165) is 31.8 Å². The van der Waals surface area contributed by atoms with E-state index in [2.05, 4.69) is 17.3 Å². The standard InChI is InChI=1S/C15H29N3O/c1-16-12-15(7-8-15)14(19)18(3)11-6-13-4-9-17(2)10-5-13/h13,16H,4-12H2,1-3H3. The minimum Gasteiger partial charge on any atom is -0.345 e. The summed E-state index contributed by atoms with van der Waals surface area (Å²) in [4.78, 5) is 16.8. The molecule has 4 nitrogen and oxygen atoms in total. The summed E-state index contributed by atoms with van der Waals surface area (Å²) in [6.45, 7) is 4.20. The number of amides is 1. The molecule has 1 aliphatic carbocycles. The summed E-state index contributed by atoms with van der Waals surface area (Å²) in [6, 6.07) is 0. The average Bonchev–Trinajstić information content (AvgIpc) is 3.18.